The van der Waals surface area contributed by atoms with Crippen LogP contribution < -0.4 is 0 Å². The summed E-state index contributed by atoms with van der Waals surface area (Å²) in [6.45, 7) is 0. The van der Waals surface area contributed by atoms with E-state index in [0.717, 1.165) is 60.4 Å². The molecule has 0 N–H and O–H groups in total. The van der Waals surface area contributed by atoms with E-state index in [1.165, 1.54) is 87.3 Å². The Hall–Kier alpha value is -8.08. The van der Waals surface area contributed by atoms with Gasteiger partial charge in [-0.1, -0.05) is 91.0 Å². The molecule has 0 spiro atoms. The SMILES string of the molecule is c1ccc2c(c1)oc1ccc(-c3ccc4cc5c(cc4c3)c3cc4oc6ccccc6c4c4c6cc7cc(-c8ccc9oc%10ccccc%10c9c8)ccc7cc6n5c34)cc12. The molecular formula is C56H29NO3. The molecule has 276 valence electrons. The zero-order chi connectivity index (χ0) is 38.8. The molecule has 60 heavy (non-hydrogen) atoms. The van der Waals surface area contributed by atoms with Crippen molar-refractivity contribution in [1.29, 1.82) is 0 Å². The van der Waals surface area contributed by atoms with E-state index in [9.17, 15) is 0 Å². The van der Waals surface area contributed by atoms with Crippen molar-refractivity contribution in [1.82, 2.24) is 4.40 Å². The molecule has 0 bridgehead atoms. The first-order chi connectivity index (χ1) is 29.7. The summed E-state index contributed by atoms with van der Waals surface area (Å²) in [7, 11) is 0. The lowest BCUT2D eigenvalue weighted by Crippen LogP contribution is -1.84. The molecule has 0 atom stereocenters. The highest BCUT2D eigenvalue weighted by molar-refractivity contribution is 6.36. The molecular weight excluding hydrogens is 735 g/mol. The van der Waals surface area contributed by atoms with Crippen molar-refractivity contribution < 1.29 is 13.3 Å². The molecule has 15 aromatic rings. The fourth-order valence-corrected chi connectivity index (χ4v) is 10.5. The number of aromatic nitrogens is 1. The van der Waals surface area contributed by atoms with Crippen LogP contribution in [0.15, 0.2) is 189 Å². The summed E-state index contributed by atoms with van der Waals surface area (Å²) >= 11 is 0. The van der Waals surface area contributed by atoms with Crippen LogP contribution in [0.4, 0.5) is 0 Å². The summed E-state index contributed by atoms with van der Waals surface area (Å²) in [5, 5.41) is 16.6. The van der Waals surface area contributed by atoms with E-state index in [1.54, 1.807) is 0 Å². The van der Waals surface area contributed by atoms with Crippen LogP contribution in [0.1, 0.15) is 0 Å². The van der Waals surface area contributed by atoms with Crippen molar-refractivity contribution >= 4 is 125 Å². The molecule has 0 aliphatic rings. The fraction of sp³-hybridized carbons (Fsp3) is 0. The van der Waals surface area contributed by atoms with Gasteiger partial charge in [0.25, 0.3) is 0 Å². The van der Waals surface area contributed by atoms with E-state index < -0.39 is 0 Å². The van der Waals surface area contributed by atoms with Gasteiger partial charge in [-0.05, 0) is 129 Å². The van der Waals surface area contributed by atoms with Gasteiger partial charge in [-0.25, -0.2) is 0 Å². The molecule has 0 amide bonds. The zero-order valence-corrected chi connectivity index (χ0v) is 31.9. The quantitative estimate of drug-likeness (QED) is 0.176. The number of hydrogen-bond donors (Lipinski definition) is 0. The molecule has 0 aliphatic carbocycles. The van der Waals surface area contributed by atoms with Crippen LogP contribution in [0.2, 0.25) is 0 Å². The van der Waals surface area contributed by atoms with Crippen LogP contribution in [0.5, 0.6) is 0 Å². The first-order valence-corrected chi connectivity index (χ1v) is 20.5. The molecule has 10 aromatic carbocycles. The Morgan fingerprint density at radius 1 is 0.267 bits per heavy atom. The molecule has 0 saturated carbocycles. The normalized spacial score (nSPS) is 12.7. The molecule has 5 heterocycles. The maximum Gasteiger partial charge on any atom is 0.136 e. The standard InChI is InChI=1S/C56H29NO3/c1-4-10-48-38(7-1)42-23-32(17-19-51(42)58-48)30-13-15-34-27-46-41(25-36(34)21-30)44-29-53-54(40-9-3-6-12-50(40)60-53)55-45-26-37-22-31(14-16-35(37)28-47(45)57(46)56(44)55)33-18-20-52-43(24-33)39-8-2-5-11-49(39)59-52/h1-29H. The molecule has 0 fully saturated rings. The predicted molar refractivity (Wildman–Crippen MR) is 249 cm³/mol. The van der Waals surface area contributed by atoms with E-state index in [0.29, 0.717) is 0 Å². The van der Waals surface area contributed by atoms with E-state index >= 15 is 0 Å². The number of benzene rings is 10. The summed E-state index contributed by atoms with van der Waals surface area (Å²) in [5.74, 6) is 0. The largest absolute Gasteiger partial charge is 0.456 e. The number of nitrogens with zero attached hydrogens (tertiary/aromatic N) is 1. The molecule has 5 aromatic heterocycles. The number of furan rings is 3. The van der Waals surface area contributed by atoms with Crippen molar-refractivity contribution in [3.63, 3.8) is 0 Å². The Kier molecular flexibility index (Phi) is 5.63. The summed E-state index contributed by atoms with van der Waals surface area (Å²) in [5.41, 5.74) is 13.8. The Morgan fingerprint density at radius 3 is 1.35 bits per heavy atom. The van der Waals surface area contributed by atoms with Gasteiger partial charge in [0, 0.05) is 53.9 Å². The Bertz CT molecular complexity index is 4360. The molecule has 15 rings (SSSR count). The Morgan fingerprint density at radius 2 is 0.733 bits per heavy atom. The molecule has 0 radical (unpaired) electrons. The van der Waals surface area contributed by atoms with Gasteiger partial charge in [-0.15, -0.1) is 0 Å². The zero-order valence-electron chi connectivity index (χ0n) is 31.9. The Labute approximate surface area is 340 Å². The number of fused-ring (bicyclic) bond motifs is 18. The maximum absolute atomic E-state index is 6.68. The lowest BCUT2D eigenvalue weighted by Gasteiger charge is -2.08. The van der Waals surface area contributed by atoms with E-state index in [1.807, 2.05) is 24.3 Å². The van der Waals surface area contributed by atoms with Crippen LogP contribution in [0.25, 0.3) is 148 Å². The minimum atomic E-state index is 0.906. The number of hydrogen-bond acceptors (Lipinski definition) is 3. The Balaban J connectivity index is 0.977. The van der Waals surface area contributed by atoms with E-state index in [4.69, 9.17) is 13.3 Å². The highest BCUT2D eigenvalue weighted by atomic mass is 16.3. The van der Waals surface area contributed by atoms with Gasteiger partial charge < -0.3 is 17.7 Å². The molecule has 4 heteroatoms. The van der Waals surface area contributed by atoms with Gasteiger partial charge in [0.05, 0.1) is 16.6 Å². The molecule has 4 nitrogen and oxygen atoms in total. The van der Waals surface area contributed by atoms with Crippen molar-refractivity contribution in [3.8, 4) is 22.3 Å². The van der Waals surface area contributed by atoms with Gasteiger partial charge in [0.2, 0.25) is 0 Å². The molecule has 0 aliphatic heterocycles. The second-order valence-corrected chi connectivity index (χ2v) is 16.4. The second-order valence-electron chi connectivity index (χ2n) is 16.4. The first-order valence-electron chi connectivity index (χ1n) is 20.5. The second kappa shape index (κ2) is 10.9. The third kappa shape index (κ3) is 4.00. The average molecular weight is 764 g/mol. The maximum atomic E-state index is 6.68. The first kappa shape index (κ1) is 31.0. The molecule has 0 unspecified atom stereocenters. The number of rotatable bonds is 2. The van der Waals surface area contributed by atoms with Crippen molar-refractivity contribution in [3.05, 3.63) is 176 Å². The van der Waals surface area contributed by atoms with Crippen molar-refractivity contribution in [2.75, 3.05) is 0 Å². The monoisotopic (exact) mass is 763 g/mol. The minimum Gasteiger partial charge on any atom is -0.456 e. The summed E-state index contributed by atoms with van der Waals surface area (Å²) < 4.78 is 21.5. The summed E-state index contributed by atoms with van der Waals surface area (Å²) in [6.07, 6.45) is 0. The van der Waals surface area contributed by atoms with Crippen LogP contribution >= 0.6 is 0 Å². The summed E-state index contributed by atoms with van der Waals surface area (Å²) in [6, 6.07) is 63.6. The number of para-hydroxylation sites is 3. The van der Waals surface area contributed by atoms with Gasteiger partial charge in [0.15, 0.2) is 0 Å². The summed E-state index contributed by atoms with van der Waals surface area (Å²) in [4.78, 5) is 0. The van der Waals surface area contributed by atoms with Crippen LogP contribution in [0.3, 0.4) is 0 Å². The van der Waals surface area contributed by atoms with Crippen LogP contribution in [0, 0.1) is 0 Å². The lowest BCUT2D eigenvalue weighted by molar-refractivity contribution is 0.668. The van der Waals surface area contributed by atoms with Crippen LogP contribution in [-0.2, 0) is 0 Å². The molecule has 0 saturated heterocycles. The third-order valence-electron chi connectivity index (χ3n) is 13.2. The highest BCUT2D eigenvalue weighted by Crippen LogP contribution is 2.48. The van der Waals surface area contributed by atoms with Gasteiger partial charge in [-0.2, -0.15) is 0 Å². The van der Waals surface area contributed by atoms with E-state index in [2.05, 4.69) is 156 Å². The lowest BCUT2D eigenvalue weighted by atomic mass is 9.96. The fourth-order valence-electron chi connectivity index (χ4n) is 10.5. The smallest absolute Gasteiger partial charge is 0.136 e. The van der Waals surface area contributed by atoms with E-state index in [-0.39, 0.29) is 0 Å². The van der Waals surface area contributed by atoms with Crippen molar-refractivity contribution in [2.45, 2.75) is 0 Å². The van der Waals surface area contributed by atoms with Crippen LogP contribution in [-0.4, -0.2) is 4.40 Å². The third-order valence-corrected chi connectivity index (χ3v) is 13.2. The topological polar surface area (TPSA) is 43.8 Å². The van der Waals surface area contributed by atoms with Gasteiger partial charge in [0.1, 0.15) is 33.5 Å². The van der Waals surface area contributed by atoms with Gasteiger partial charge in [-0.3, -0.25) is 0 Å². The van der Waals surface area contributed by atoms with Gasteiger partial charge >= 0.3 is 0 Å². The average Bonchev–Trinajstić information content (AvgIpc) is 4.10. The predicted octanol–water partition coefficient (Wildman–Crippen LogP) is 16.2. The van der Waals surface area contributed by atoms with Crippen molar-refractivity contribution in [2.24, 2.45) is 0 Å². The minimum absolute atomic E-state index is 0.906. The highest BCUT2D eigenvalue weighted by Gasteiger charge is 2.24.